The first-order valence-corrected chi connectivity index (χ1v) is 7.90. The first-order chi connectivity index (χ1) is 8.73. The highest BCUT2D eigenvalue weighted by atomic mass is 79.9. The summed E-state index contributed by atoms with van der Waals surface area (Å²) >= 11 is 5.34. The summed E-state index contributed by atoms with van der Waals surface area (Å²) in [6.45, 7) is 1.10. The molecule has 1 saturated carbocycles. The van der Waals surface area contributed by atoms with E-state index in [1.165, 1.54) is 28.8 Å². The van der Waals surface area contributed by atoms with Gasteiger partial charge in [-0.25, -0.2) is 0 Å². The molecule has 0 unspecified atom stereocenters. The van der Waals surface area contributed by atoms with Gasteiger partial charge in [-0.2, -0.15) is 0 Å². The van der Waals surface area contributed by atoms with Gasteiger partial charge in [-0.15, -0.1) is 11.3 Å². The minimum Gasteiger partial charge on any atom is -0.319 e. The first kappa shape index (κ1) is 12.4. The maximum absolute atomic E-state index is 3.48. The van der Waals surface area contributed by atoms with E-state index in [1.807, 2.05) is 18.4 Å². The van der Waals surface area contributed by atoms with Crippen molar-refractivity contribution in [2.24, 2.45) is 0 Å². The molecular formula is C15H16BrNS. The third-order valence-corrected chi connectivity index (χ3v) is 5.22. The van der Waals surface area contributed by atoms with E-state index in [4.69, 9.17) is 0 Å². The van der Waals surface area contributed by atoms with Crippen molar-refractivity contribution >= 4 is 27.3 Å². The van der Waals surface area contributed by atoms with E-state index < -0.39 is 0 Å². The van der Waals surface area contributed by atoms with Crippen molar-refractivity contribution in [3.05, 3.63) is 45.7 Å². The zero-order valence-corrected chi connectivity index (χ0v) is 12.8. The lowest BCUT2D eigenvalue weighted by Crippen LogP contribution is -2.22. The smallest absolute Gasteiger partial charge is 0.0345 e. The predicted molar refractivity (Wildman–Crippen MR) is 82.3 cm³/mol. The topological polar surface area (TPSA) is 12.0 Å². The van der Waals surface area contributed by atoms with Crippen LogP contribution in [-0.2, 0) is 5.41 Å². The van der Waals surface area contributed by atoms with Gasteiger partial charge in [0, 0.05) is 21.3 Å². The largest absolute Gasteiger partial charge is 0.319 e. The van der Waals surface area contributed by atoms with Gasteiger partial charge in [-0.1, -0.05) is 28.1 Å². The molecule has 1 nitrogen and oxygen atoms in total. The van der Waals surface area contributed by atoms with Crippen molar-refractivity contribution in [3.8, 4) is 10.4 Å². The molecule has 0 aliphatic heterocycles. The Morgan fingerprint density at radius 2 is 2.00 bits per heavy atom. The number of nitrogens with one attached hydrogen (secondary N) is 1. The number of hydrogen-bond donors (Lipinski definition) is 1. The molecule has 1 heterocycles. The number of halogens is 1. The summed E-state index contributed by atoms with van der Waals surface area (Å²) in [7, 11) is 2.04. The average Bonchev–Trinajstić information content (AvgIpc) is 2.99. The Bertz CT molecular complexity index is 540. The summed E-state index contributed by atoms with van der Waals surface area (Å²) in [6.07, 6.45) is 2.65. The number of thiophene rings is 1. The van der Waals surface area contributed by atoms with Crippen LogP contribution in [0.1, 0.15) is 18.4 Å². The highest BCUT2D eigenvalue weighted by Gasteiger charge is 2.44. The second kappa shape index (κ2) is 4.80. The summed E-state index contributed by atoms with van der Waals surface area (Å²) in [5, 5.41) is 5.66. The van der Waals surface area contributed by atoms with Crippen LogP contribution in [0.5, 0.6) is 0 Å². The molecule has 1 aromatic carbocycles. The molecule has 1 fully saturated rings. The Kier molecular flexibility index (Phi) is 3.31. The van der Waals surface area contributed by atoms with Crippen molar-refractivity contribution in [3.63, 3.8) is 0 Å². The molecule has 0 atom stereocenters. The zero-order chi connectivity index (χ0) is 12.6. The van der Waals surface area contributed by atoms with Gasteiger partial charge in [0.1, 0.15) is 0 Å². The second-order valence-electron chi connectivity index (χ2n) is 5.02. The summed E-state index contributed by atoms with van der Waals surface area (Å²) in [5.74, 6) is 0. The Morgan fingerprint density at radius 3 is 2.61 bits per heavy atom. The second-order valence-corrected chi connectivity index (χ2v) is 6.84. The van der Waals surface area contributed by atoms with Crippen LogP contribution in [0.4, 0.5) is 0 Å². The molecule has 2 aromatic rings. The van der Waals surface area contributed by atoms with Crippen molar-refractivity contribution in [1.29, 1.82) is 0 Å². The van der Waals surface area contributed by atoms with E-state index in [0.29, 0.717) is 5.41 Å². The van der Waals surface area contributed by atoms with E-state index in [1.54, 1.807) is 0 Å². The fourth-order valence-corrected chi connectivity index (χ4v) is 3.74. The Labute approximate surface area is 120 Å². The summed E-state index contributed by atoms with van der Waals surface area (Å²) in [6, 6.07) is 10.9. The fraction of sp³-hybridized carbons (Fsp3) is 0.333. The van der Waals surface area contributed by atoms with Gasteiger partial charge in [-0.05, 0) is 54.6 Å². The molecule has 1 N–H and O–H groups in total. The number of benzene rings is 1. The predicted octanol–water partition coefficient (Wildman–Crippen LogP) is 4.43. The highest BCUT2D eigenvalue weighted by molar-refractivity contribution is 9.10. The maximum Gasteiger partial charge on any atom is 0.0345 e. The van der Waals surface area contributed by atoms with Gasteiger partial charge in [0.2, 0.25) is 0 Å². The van der Waals surface area contributed by atoms with Gasteiger partial charge in [0.25, 0.3) is 0 Å². The number of rotatable bonds is 4. The quantitative estimate of drug-likeness (QED) is 0.878. The normalized spacial score (nSPS) is 16.8. The van der Waals surface area contributed by atoms with Gasteiger partial charge in [0.15, 0.2) is 0 Å². The monoisotopic (exact) mass is 321 g/mol. The third kappa shape index (κ3) is 2.27. The molecular weight excluding hydrogens is 306 g/mol. The van der Waals surface area contributed by atoms with Crippen LogP contribution in [-0.4, -0.2) is 13.6 Å². The summed E-state index contributed by atoms with van der Waals surface area (Å²) in [5.41, 5.74) is 3.26. The molecule has 94 valence electrons. The van der Waals surface area contributed by atoms with Crippen LogP contribution in [0.25, 0.3) is 10.4 Å². The van der Waals surface area contributed by atoms with Gasteiger partial charge < -0.3 is 5.32 Å². The van der Waals surface area contributed by atoms with E-state index in [-0.39, 0.29) is 0 Å². The number of likely N-dealkylation sites (N-methyl/N-ethyl adjacent to an activating group) is 1. The SMILES string of the molecule is CNCC1(c2csc(-c3ccc(Br)cc3)c2)CC1. The average molecular weight is 322 g/mol. The van der Waals surface area contributed by atoms with Crippen LogP contribution < -0.4 is 5.32 Å². The van der Waals surface area contributed by atoms with Crippen molar-refractivity contribution in [2.45, 2.75) is 18.3 Å². The van der Waals surface area contributed by atoms with E-state index in [2.05, 4.69) is 57.0 Å². The lowest BCUT2D eigenvalue weighted by Gasteiger charge is -2.12. The molecule has 1 aromatic heterocycles. The molecule has 0 bridgehead atoms. The molecule has 0 amide bonds. The lowest BCUT2D eigenvalue weighted by molar-refractivity contribution is 0.626. The Hall–Kier alpha value is -0.640. The van der Waals surface area contributed by atoms with Crippen LogP contribution in [0.3, 0.4) is 0 Å². The van der Waals surface area contributed by atoms with Gasteiger partial charge in [0.05, 0.1) is 0 Å². The van der Waals surface area contributed by atoms with E-state index in [9.17, 15) is 0 Å². The minimum absolute atomic E-state index is 0.429. The molecule has 3 rings (SSSR count). The van der Waals surface area contributed by atoms with E-state index in [0.717, 1.165) is 11.0 Å². The zero-order valence-electron chi connectivity index (χ0n) is 10.4. The van der Waals surface area contributed by atoms with Crippen LogP contribution in [0, 0.1) is 0 Å². The minimum atomic E-state index is 0.429. The Balaban J connectivity index is 1.88. The summed E-state index contributed by atoms with van der Waals surface area (Å²) < 4.78 is 1.14. The fourth-order valence-electron chi connectivity index (χ4n) is 2.44. The van der Waals surface area contributed by atoms with E-state index >= 15 is 0 Å². The Morgan fingerprint density at radius 1 is 1.28 bits per heavy atom. The molecule has 1 aliphatic carbocycles. The van der Waals surface area contributed by atoms with Crippen LogP contribution in [0.15, 0.2) is 40.2 Å². The first-order valence-electron chi connectivity index (χ1n) is 6.23. The van der Waals surface area contributed by atoms with Gasteiger partial charge >= 0.3 is 0 Å². The third-order valence-electron chi connectivity index (χ3n) is 3.71. The molecule has 18 heavy (non-hydrogen) atoms. The number of hydrogen-bond acceptors (Lipinski definition) is 2. The van der Waals surface area contributed by atoms with Crippen LogP contribution >= 0.6 is 27.3 Å². The molecule has 0 saturated heterocycles. The maximum atomic E-state index is 3.48. The van der Waals surface area contributed by atoms with Crippen molar-refractivity contribution in [2.75, 3.05) is 13.6 Å². The van der Waals surface area contributed by atoms with Crippen molar-refractivity contribution < 1.29 is 0 Å². The standard InChI is InChI=1S/C15H16BrNS/c1-17-10-15(6-7-15)12-8-14(18-9-12)11-2-4-13(16)5-3-11/h2-5,8-9,17H,6-7,10H2,1H3. The van der Waals surface area contributed by atoms with Crippen molar-refractivity contribution in [1.82, 2.24) is 5.32 Å². The lowest BCUT2D eigenvalue weighted by atomic mass is 9.98. The summed E-state index contributed by atoms with van der Waals surface area (Å²) in [4.78, 5) is 1.37. The highest BCUT2D eigenvalue weighted by Crippen LogP contribution is 2.49. The molecule has 1 aliphatic rings. The molecule has 0 spiro atoms. The van der Waals surface area contributed by atoms with Gasteiger partial charge in [-0.3, -0.25) is 0 Å². The molecule has 0 radical (unpaired) electrons. The molecule has 3 heteroatoms. The van der Waals surface area contributed by atoms with Crippen LogP contribution in [0.2, 0.25) is 0 Å².